The van der Waals surface area contributed by atoms with Gasteiger partial charge in [-0.25, -0.2) is 4.98 Å². The van der Waals surface area contributed by atoms with Crippen LogP contribution < -0.4 is 14.8 Å². The van der Waals surface area contributed by atoms with Crippen LogP contribution in [0.1, 0.15) is 5.56 Å². The van der Waals surface area contributed by atoms with Crippen molar-refractivity contribution in [1.29, 1.82) is 0 Å². The number of alkyl halides is 3. The van der Waals surface area contributed by atoms with Crippen molar-refractivity contribution in [3.8, 4) is 11.5 Å². The van der Waals surface area contributed by atoms with Crippen LogP contribution in [0.3, 0.4) is 0 Å². The Morgan fingerprint density at radius 1 is 1.33 bits per heavy atom. The van der Waals surface area contributed by atoms with E-state index < -0.39 is 17.8 Å². The van der Waals surface area contributed by atoms with E-state index in [1.807, 2.05) is 0 Å². The van der Waals surface area contributed by atoms with Gasteiger partial charge >= 0.3 is 6.18 Å². The third-order valence-electron chi connectivity index (χ3n) is 3.58. The zero-order chi connectivity index (χ0) is 19.4. The molecule has 1 aromatic carbocycles. The monoisotopic (exact) mass is 418 g/mol. The van der Waals surface area contributed by atoms with Crippen LogP contribution in [0, 0.1) is 0 Å². The number of fused-ring (bicyclic) bond motifs is 1. The first-order valence-corrected chi connectivity index (χ1v) is 9.22. The second-order valence-corrected chi connectivity index (χ2v) is 7.00. The van der Waals surface area contributed by atoms with E-state index in [2.05, 4.69) is 10.3 Å². The zero-order valence-electron chi connectivity index (χ0n) is 13.8. The summed E-state index contributed by atoms with van der Waals surface area (Å²) in [4.78, 5) is 15.9. The average Bonchev–Trinajstić information content (AvgIpc) is 2.64. The van der Waals surface area contributed by atoms with Crippen LogP contribution in [-0.4, -0.2) is 35.9 Å². The first-order valence-electron chi connectivity index (χ1n) is 7.86. The Morgan fingerprint density at radius 3 is 2.78 bits per heavy atom. The van der Waals surface area contributed by atoms with Crippen molar-refractivity contribution in [3.05, 3.63) is 47.1 Å². The molecule has 0 radical (unpaired) electrons. The Labute approximate surface area is 162 Å². The van der Waals surface area contributed by atoms with Gasteiger partial charge in [-0.05, 0) is 18.2 Å². The fraction of sp³-hybridized carbons (Fsp3) is 0.294. The smallest absolute Gasteiger partial charge is 0.417 e. The quantitative estimate of drug-likeness (QED) is 0.591. The van der Waals surface area contributed by atoms with Crippen molar-refractivity contribution in [1.82, 2.24) is 10.3 Å². The number of halogens is 4. The first kappa shape index (κ1) is 19.6. The molecule has 2 heterocycles. The lowest BCUT2D eigenvalue weighted by Crippen LogP contribution is -2.44. The van der Waals surface area contributed by atoms with E-state index in [9.17, 15) is 18.0 Å². The highest BCUT2D eigenvalue weighted by atomic mass is 35.5. The minimum absolute atomic E-state index is 0.0817. The van der Waals surface area contributed by atoms with Crippen LogP contribution in [0.15, 0.2) is 41.6 Å². The molecule has 1 aliphatic rings. The number of hydrogen-bond acceptors (Lipinski definition) is 5. The topological polar surface area (TPSA) is 60.5 Å². The van der Waals surface area contributed by atoms with Crippen molar-refractivity contribution in [2.45, 2.75) is 17.3 Å². The summed E-state index contributed by atoms with van der Waals surface area (Å²) < 4.78 is 48.8. The van der Waals surface area contributed by atoms with E-state index in [1.165, 1.54) is 0 Å². The largest absolute Gasteiger partial charge is 0.485 e. The lowest BCUT2D eigenvalue weighted by atomic mass is 10.2. The maximum atomic E-state index is 12.6. The Morgan fingerprint density at radius 2 is 2.07 bits per heavy atom. The van der Waals surface area contributed by atoms with Crippen LogP contribution in [0.2, 0.25) is 5.02 Å². The lowest BCUT2D eigenvalue weighted by Gasteiger charge is -2.25. The fourth-order valence-electron chi connectivity index (χ4n) is 2.27. The fourth-order valence-corrected chi connectivity index (χ4v) is 3.32. The molecule has 10 heteroatoms. The summed E-state index contributed by atoms with van der Waals surface area (Å²) in [5.41, 5.74) is -0.903. The number of rotatable bonds is 5. The van der Waals surface area contributed by atoms with Crippen molar-refractivity contribution in [2.24, 2.45) is 0 Å². The van der Waals surface area contributed by atoms with E-state index >= 15 is 0 Å². The minimum atomic E-state index is -4.49. The number of amides is 1. The van der Waals surface area contributed by atoms with Crippen molar-refractivity contribution >= 4 is 29.3 Å². The maximum absolute atomic E-state index is 12.6. The number of pyridine rings is 1. The normalized spacial score (nSPS) is 16.1. The van der Waals surface area contributed by atoms with Gasteiger partial charge in [0.25, 0.3) is 5.91 Å². The molecular weight excluding hydrogens is 405 g/mol. The molecule has 3 rings (SSSR count). The predicted octanol–water partition coefficient (Wildman–Crippen LogP) is 3.80. The number of hydrogen-bond donors (Lipinski definition) is 1. The molecule has 0 unspecified atom stereocenters. The van der Waals surface area contributed by atoms with Crippen LogP contribution in [0.25, 0.3) is 0 Å². The van der Waals surface area contributed by atoms with Crippen molar-refractivity contribution in [3.63, 3.8) is 0 Å². The second kappa shape index (κ2) is 8.26. The molecule has 2 aromatic rings. The first-order chi connectivity index (χ1) is 12.8. The van der Waals surface area contributed by atoms with Crippen LogP contribution >= 0.6 is 23.4 Å². The molecule has 0 fully saturated rings. The van der Waals surface area contributed by atoms with Crippen LogP contribution in [0.5, 0.6) is 11.5 Å². The zero-order valence-corrected chi connectivity index (χ0v) is 15.3. The minimum Gasteiger partial charge on any atom is -0.485 e. The van der Waals surface area contributed by atoms with Crippen LogP contribution in [-0.2, 0) is 11.0 Å². The summed E-state index contributed by atoms with van der Waals surface area (Å²) in [6.07, 6.45) is -4.52. The molecule has 1 N–H and O–H groups in total. The maximum Gasteiger partial charge on any atom is 0.417 e. The SMILES string of the molecule is O=C(NCCSc1ncc(C(F)(F)F)cc1Cl)[C@@H]1COc2ccccc2O1. The highest BCUT2D eigenvalue weighted by Gasteiger charge is 2.31. The number of carbonyl (C=O) groups is 1. The highest BCUT2D eigenvalue weighted by molar-refractivity contribution is 7.99. The molecular formula is C17H14ClF3N2O3S. The number of carbonyl (C=O) groups excluding carboxylic acids is 1. The molecule has 1 aliphatic heterocycles. The van der Waals surface area contributed by atoms with E-state index in [1.54, 1.807) is 24.3 Å². The Bertz CT molecular complexity index is 835. The number of para-hydroxylation sites is 2. The van der Waals surface area contributed by atoms with Gasteiger partial charge < -0.3 is 14.8 Å². The molecule has 144 valence electrons. The Kier molecular flexibility index (Phi) is 6.01. The van der Waals surface area contributed by atoms with Crippen molar-refractivity contribution in [2.75, 3.05) is 18.9 Å². The van der Waals surface area contributed by atoms with Gasteiger partial charge in [0.05, 0.1) is 10.6 Å². The van der Waals surface area contributed by atoms with Gasteiger partial charge in [0.2, 0.25) is 6.10 Å². The average molecular weight is 419 g/mol. The van der Waals surface area contributed by atoms with Gasteiger partial charge in [0, 0.05) is 18.5 Å². The molecule has 1 aromatic heterocycles. The molecule has 1 atom stereocenters. The van der Waals surface area contributed by atoms with Gasteiger partial charge in [-0.2, -0.15) is 13.2 Å². The van der Waals surface area contributed by atoms with E-state index in [4.69, 9.17) is 21.1 Å². The molecule has 27 heavy (non-hydrogen) atoms. The Hall–Kier alpha value is -2.13. The molecule has 0 spiro atoms. The number of nitrogens with one attached hydrogen (secondary N) is 1. The summed E-state index contributed by atoms with van der Waals surface area (Å²) >= 11 is 6.99. The number of thioether (sulfide) groups is 1. The second-order valence-electron chi connectivity index (χ2n) is 5.51. The molecule has 0 bridgehead atoms. The summed E-state index contributed by atoms with van der Waals surface area (Å²) in [6.45, 7) is 0.367. The van der Waals surface area contributed by atoms with E-state index in [0.29, 0.717) is 17.3 Å². The van der Waals surface area contributed by atoms with E-state index in [0.717, 1.165) is 24.0 Å². The van der Waals surface area contributed by atoms with E-state index in [-0.39, 0.29) is 29.1 Å². The Balaban J connectivity index is 1.46. The molecule has 1 amide bonds. The number of ether oxygens (including phenoxy) is 2. The third-order valence-corrected chi connectivity index (χ3v) is 4.98. The standard InChI is InChI=1S/C17H14ClF3N2O3S/c18-11-7-10(17(19,20)21)8-23-16(11)27-6-5-22-15(24)14-9-25-12-3-1-2-4-13(12)26-14/h1-4,7-8,14H,5-6,9H2,(H,22,24)/t14-/m0/s1. The van der Waals surface area contributed by atoms with Crippen LogP contribution in [0.4, 0.5) is 13.2 Å². The van der Waals surface area contributed by atoms with Gasteiger partial charge in [-0.3, -0.25) is 4.79 Å². The molecule has 0 aliphatic carbocycles. The third kappa shape index (κ3) is 4.98. The van der Waals surface area contributed by atoms with Gasteiger partial charge in [-0.1, -0.05) is 23.7 Å². The summed E-state index contributed by atoms with van der Waals surface area (Å²) in [7, 11) is 0. The van der Waals surface area contributed by atoms with Crippen molar-refractivity contribution < 1.29 is 27.4 Å². The highest BCUT2D eigenvalue weighted by Crippen LogP contribution is 2.33. The van der Waals surface area contributed by atoms with Gasteiger partial charge in [0.15, 0.2) is 11.5 Å². The van der Waals surface area contributed by atoms with Gasteiger partial charge in [-0.15, -0.1) is 11.8 Å². The number of aromatic nitrogens is 1. The summed E-state index contributed by atoms with van der Waals surface area (Å²) in [6, 6.07) is 7.88. The molecule has 0 saturated heterocycles. The predicted molar refractivity (Wildman–Crippen MR) is 94.3 cm³/mol. The number of benzene rings is 1. The molecule has 0 saturated carbocycles. The van der Waals surface area contributed by atoms with Gasteiger partial charge in [0.1, 0.15) is 11.6 Å². The molecule has 5 nitrogen and oxygen atoms in total. The number of nitrogens with zero attached hydrogens (tertiary/aromatic N) is 1. The summed E-state index contributed by atoms with van der Waals surface area (Å²) in [5, 5.41) is 2.88. The lowest BCUT2D eigenvalue weighted by molar-refractivity contribution is -0.138. The summed E-state index contributed by atoms with van der Waals surface area (Å²) in [5.74, 6) is 1.13.